The molecule has 0 bridgehead atoms. The Bertz CT molecular complexity index is 776. The van der Waals surface area contributed by atoms with Crippen molar-refractivity contribution in [1.29, 1.82) is 0 Å². The van der Waals surface area contributed by atoms with E-state index in [1.807, 2.05) is 6.07 Å². The Labute approximate surface area is 151 Å². The SMILES string of the molecule is CC(OC(=O)c1cccc(I)c1)C(=O)Nc1ccc([N+](=O)[O-])cc1. The maximum absolute atomic E-state index is 12.0. The van der Waals surface area contributed by atoms with E-state index in [1.165, 1.54) is 31.2 Å². The Kier molecular flexibility index (Phi) is 5.85. The van der Waals surface area contributed by atoms with E-state index in [0.717, 1.165) is 3.57 Å². The molecule has 0 aliphatic rings. The molecule has 24 heavy (non-hydrogen) atoms. The minimum absolute atomic E-state index is 0.0776. The second kappa shape index (κ2) is 7.86. The van der Waals surface area contributed by atoms with Gasteiger partial charge < -0.3 is 10.1 Å². The van der Waals surface area contributed by atoms with Gasteiger partial charge in [0.15, 0.2) is 6.10 Å². The number of non-ortho nitro benzene ring substituents is 1. The fourth-order valence-electron chi connectivity index (χ4n) is 1.81. The molecule has 8 heteroatoms. The van der Waals surface area contributed by atoms with Crippen LogP contribution in [0.25, 0.3) is 0 Å². The molecule has 0 spiro atoms. The molecule has 1 amide bonds. The highest BCUT2D eigenvalue weighted by atomic mass is 127. The lowest BCUT2D eigenvalue weighted by Crippen LogP contribution is -2.30. The van der Waals surface area contributed by atoms with Crippen LogP contribution in [0, 0.1) is 13.7 Å². The molecule has 1 unspecified atom stereocenters. The molecule has 2 rings (SSSR count). The number of anilines is 1. The number of hydrogen-bond donors (Lipinski definition) is 1. The first kappa shape index (κ1) is 17.9. The number of nitrogens with zero attached hydrogens (tertiary/aromatic N) is 1. The minimum atomic E-state index is -1.01. The Morgan fingerprint density at radius 1 is 1.21 bits per heavy atom. The molecule has 1 atom stereocenters. The predicted octanol–water partition coefficient (Wildman–Crippen LogP) is 3.38. The lowest BCUT2D eigenvalue weighted by molar-refractivity contribution is -0.384. The van der Waals surface area contributed by atoms with Gasteiger partial charge in [0.1, 0.15) is 0 Å². The van der Waals surface area contributed by atoms with Gasteiger partial charge in [-0.25, -0.2) is 4.79 Å². The molecule has 0 heterocycles. The fourth-order valence-corrected chi connectivity index (χ4v) is 2.35. The molecule has 124 valence electrons. The summed E-state index contributed by atoms with van der Waals surface area (Å²) in [5.41, 5.74) is 0.658. The summed E-state index contributed by atoms with van der Waals surface area (Å²) in [6, 6.07) is 12.2. The third kappa shape index (κ3) is 4.75. The van der Waals surface area contributed by atoms with Gasteiger partial charge in [-0.05, 0) is 59.8 Å². The van der Waals surface area contributed by atoms with E-state index < -0.39 is 22.9 Å². The maximum Gasteiger partial charge on any atom is 0.338 e. The standard InChI is InChI=1S/C16H13IN2O5/c1-10(24-16(21)11-3-2-4-12(17)9-11)15(20)18-13-5-7-14(8-6-13)19(22)23/h2-10H,1H3,(H,18,20). The van der Waals surface area contributed by atoms with Crippen LogP contribution in [0.3, 0.4) is 0 Å². The number of hydrogen-bond acceptors (Lipinski definition) is 5. The van der Waals surface area contributed by atoms with Crippen molar-refractivity contribution in [2.24, 2.45) is 0 Å². The predicted molar refractivity (Wildman–Crippen MR) is 95.8 cm³/mol. The third-order valence-electron chi connectivity index (χ3n) is 3.06. The van der Waals surface area contributed by atoms with Crippen molar-refractivity contribution >= 4 is 45.8 Å². The van der Waals surface area contributed by atoms with Gasteiger partial charge in [0.25, 0.3) is 11.6 Å². The first-order valence-corrected chi connectivity index (χ1v) is 7.96. The summed E-state index contributed by atoms with van der Waals surface area (Å²) in [6.45, 7) is 1.45. The topological polar surface area (TPSA) is 98.5 Å². The molecule has 1 N–H and O–H groups in total. The highest BCUT2D eigenvalue weighted by Gasteiger charge is 2.19. The Balaban J connectivity index is 1.96. The van der Waals surface area contributed by atoms with Crippen LogP contribution < -0.4 is 5.32 Å². The number of nitro benzene ring substituents is 1. The molecule has 0 saturated carbocycles. The van der Waals surface area contributed by atoms with E-state index in [2.05, 4.69) is 27.9 Å². The van der Waals surface area contributed by atoms with Crippen molar-refractivity contribution in [2.75, 3.05) is 5.32 Å². The van der Waals surface area contributed by atoms with Crippen molar-refractivity contribution in [3.63, 3.8) is 0 Å². The van der Waals surface area contributed by atoms with E-state index in [-0.39, 0.29) is 5.69 Å². The first-order valence-electron chi connectivity index (χ1n) is 6.88. The third-order valence-corrected chi connectivity index (χ3v) is 3.73. The largest absolute Gasteiger partial charge is 0.449 e. The minimum Gasteiger partial charge on any atom is -0.449 e. The van der Waals surface area contributed by atoms with Crippen molar-refractivity contribution < 1.29 is 19.2 Å². The quantitative estimate of drug-likeness (QED) is 0.333. The molecule has 2 aromatic carbocycles. The van der Waals surface area contributed by atoms with Gasteiger partial charge >= 0.3 is 5.97 Å². The van der Waals surface area contributed by atoms with E-state index in [0.29, 0.717) is 11.3 Å². The van der Waals surface area contributed by atoms with E-state index >= 15 is 0 Å². The average Bonchev–Trinajstić information content (AvgIpc) is 2.55. The van der Waals surface area contributed by atoms with Crippen molar-refractivity contribution in [2.45, 2.75) is 13.0 Å². The Hall–Kier alpha value is -2.49. The van der Waals surface area contributed by atoms with Gasteiger partial charge in [0.05, 0.1) is 10.5 Å². The lowest BCUT2D eigenvalue weighted by atomic mass is 10.2. The maximum atomic E-state index is 12.0. The van der Waals surface area contributed by atoms with Gasteiger partial charge in [-0.3, -0.25) is 14.9 Å². The zero-order valence-electron chi connectivity index (χ0n) is 12.6. The number of carbonyl (C=O) groups excluding carboxylic acids is 2. The summed E-state index contributed by atoms with van der Waals surface area (Å²) >= 11 is 2.07. The molecule has 7 nitrogen and oxygen atoms in total. The summed E-state index contributed by atoms with van der Waals surface area (Å²) in [6.07, 6.45) is -1.01. The number of nitro groups is 1. The summed E-state index contributed by atoms with van der Waals surface area (Å²) < 4.78 is 6.00. The summed E-state index contributed by atoms with van der Waals surface area (Å²) in [7, 11) is 0. The average molecular weight is 440 g/mol. The van der Waals surface area contributed by atoms with Gasteiger partial charge in [-0.1, -0.05) is 6.07 Å². The number of benzene rings is 2. The van der Waals surface area contributed by atoms with E-state index in [9.17, 15) is 19.7 Å². The highest BCUT2D eigenvalue weighted by molar-refractivity contribution is 14.1. The summed E-state index contributed by atoms with van der Waals surface area (Å²) in [5.74, 6) is -1.12. The van der Waals surface area contributed by atoms with E-state index in [4.69, 9.17) is 4.74 Å². The van der Waals surface area contributed by atoms with Gasteiger partial charge in [-0.15, -0.1) is 0 Å². The molecule has 0 fully saturated rings. The van der Waals surface area contributed by atoms with Gasteiger partial charge in [0, 0.05) is 21.4 Å². The smallest absolute Gasteiger partial charge is 0.338 e. The van der Waals surface area contributed by atoms with Crippen LogP contribution in [0.5, 0.6) is 0 Å². The number of carbonyl (C=O) groups is 2. The van der Waals surface area contributed by atoms with Crippen LogP contribution in [0.4, 0.5) is 11.4 Å². The van der Waals surface area contributed by atoms with Gasteiger partial charge in [0.2, 0.25) is 0 Å². The Morgan fingerprint density at radius 3 is 2.46 bits per heavy atom. The number of rotatable bonds is 5. The second-order valence-electron chi connectivity index (χ2n) is 4.85. The van der Waals surface area contributed by atoms with Crippen LogP contribution in [0.2, 0.25) is 0 Å². The molecule has 0 saturated heterocycles. The molecule has 0 aromatic heterocycles. The van der Waals surface area contributed by atoms with Crippen LogP contribution >= 0.6 is 22.6 Å². The zero-order valence-corrected chi connectivity index (χ0v) is 14.7. The molecule has 2 aromatic rings. The van der Waals surface area contributed by atoms with Crippen LogP contribution in [0.1, 0.15) is 17.3 Å². The summed E-state index contributed by atoms with van der Waals surface area (Å²) in [5, 5.41) is 13.1. The van der Waals surface area contributed by atoms with E-state index in [1.54, 1.807) is 18.2 Å². The molecular formula is C16H13IN2O5. The zero-order chi connectivity index (χ0) is 17.7. The first-order chi connectivity index (χ1) is 11.4. The highest BCUT2D eigenvalue weighted by Crippen LogP contribution is 2.16. The van der Waals surface area contributed by atoms with Gasteiger partial charge in [-0.2, -0.15) is 0 Å². The summed E-state index contributed by atoms with van der Waals surface area (Å²) in [4.78, 5) is 34.1. The number of esters is 1. The number of amides is 1. The molecular weight excluding hydrogens is 427 g/mol. The second-order valence-corrected chi connectivity index (χ2v) is 6.10. The molecule has 0 radical (unpaired) electrons. The number of halogens is 1. The number of ether oxygens (including phenoxy) is 1. The van der Waals surface area contributed by atoms with Crippen molar-refractivity contribution in [1.82, 2.24) is 0 Å². The van der Waals surface area contributed by atoms with Crippen molar-refractivity contribution in [3.8, 4) is 0 Å². The fraction of sp³-hybridized carbons (Fsp3) is 0.125. The van der Waals surface area contributed by atoms with Crippen molar-refractivity contribution in [3.05, 3.63) is 67.8 Å². The van der Waals surface area contributed by atoms with Crippen LogP contribution in [-0.4, -0.2) is 22.9 Å². The Morgan fingerprint density at radius 2 is 1.88 bits per heavy atom. The normalized spacial score (nSPS) is 11.4. The van der Waals surface area contributed by atoms with Crippen LogP contribution in [0.15, 0.2) is 48.5 Å². The lowest BCUT2D eigenvalue weighted by Gasteiger charge is -2.13. The number of nitrogens with one attached hydrogen (secondary N) is 1. The molecule has 0 aliphatic heterocycles. The monoisotopic (exact) mass is 440 g/mol. The molecule has 0 aliphatic carbocycles. The van der Waals surface area contributed by atoms with Crippen LogP contribution in [-0.2, 0) is 9.53 Å².